The van der Waals surface area contributed by atoms with Gasteiger partial charge in [-0.15, -0.1) is 0 Å². The zero-order chi connectivity index (χ0) is 11.8. The molecule has 1 aromatic heterocycles. The summed E-state index contributed by atoms with van der Waals surface area (Å²) in [4.78, 5) is 4.43. The van der Waals surface area contributed by atoms with Crippen molar-refractivity contribution in [1.29, 1.82) is 0 Å². The number of fused-ring (bicyclic) bond motifs is 1. The summed E-state index contributed by atoms with van der Waals surface area (Å²) in [6, 6.07) is 6.59. The van der Waals surface area contributed by atoms with Crippen molar-refractivity contribution < 1.29 is 4.42 Å². The summed E-state index contributed by atoms with van der Waals surface area (Å²) in [7, 11) is 0. The van der Waals surface area contributed by atoms with Crippen molar-refractivity contribution in [1.82, 2.24) is 4.98 Å². The Bertz CT molecular complexity index is 557. The number of rotatable bonds is 2. The minimum atomic E-state index is 0.353. The van der Waals surface area contributed by atoms with Gasteiger partial charge < -0.3 is 10.2 Å². The molecule has 0 amide bonds. The van der Waals surface area contributed by atoms with Crippen molar-refractivity contribution in [3.63, 3.8) is 0 Å². The Balaban J connectivity index is 2.06. The third-order valence-corrected chi connectivity index (χ3v) is 3.39. The number of oxazole rings is 1. The molecule has 0 saturated heterocycles. The van der Waals surface area contributed by atoms with Gasteiger partial charge in [-0.2, -0.15) is 0 Å². The van der Waals surface area contributed by atoms with Crippen molar-refractivity contribution in [3.8, 4) is 11.3 Å². The predicted molar refractivity (Wildman–Crippen MR) is 66.6 cm³/mol. The van der Waals surface area contributed by atoms with E-state index in [4.69, 9.17) is 10.2 Å². The minimum absolute atomic E-state index is 0.353. The van der Waals surface area contributed by atoms with Crippen LogP contribution in [-0.2, 0) is 19.4 Å². The first kappa shape index (κ1) is 10.5. The maximum absolute atomic E-state index is 5.54. The van der Waals surface area contributed by atoms with Gasteiger partial charge in [0, 0.05) is 5.56 Å². The van der Waals surface area contributed by atoms with Crippen LogP contribution in [0.15, 0.2) is 22.6 Å². The van der Waals surface area contributed by atoms with E-state index < -0.39 is 0 Å². The highest BCUT2D eigenvalue weighted by molar-refractivity contribution is 5.63. The van der Waals surface area contributed by atoms with Crippen LogP contribution in [0.3, 0.4) is 0 Å². The third kappa shape index (κ3) is 1.76. The highest BCUT2D eigenvalue weighted by atomic mass is 16.4. The first-order chi connectivity index (χ1) is 8.28. The minimum Gasteiger partial charge on any atom is -0.444 e. The van der Waals surface area contributed by atoms with Gasteiger partial charge in [0.2, 0.25) is 5.89 Å². The fourth-order valence-corrected chi connectivity index (χ4v) is 2.53. The Morgan fingerprint density at radius 1 is 1.29 bits per heavy atom. The summed E-state index contributed by atoms with van der Waals surface area (Å²) in [5, 5.41) is 0. The third-order valence-electron chi connectivity index (χ3n) is 3.39. The molecule has 2 N–H and O–H groups in total. The van der Waals surface area contributed by atoms with Crippen molar-refractivity contribution in [2.75, 3.05) is 0 Å². The number of hydrogen-bond acceptors (Lipinski definition) is 3. The molecule has 3 nitrogen and oxygen atoms in total. The van der Waals surface area contributed by atoms with Crippen LogP contribution >= 0.6 is 0 Å². The summed E-state index contributed by atoms with van der Waals surface area (Å²) in [5.74, 6) is 1.46. The largest absolute Gasteiger partial charge is 0.444 e. The van der Waals surface area contributed by atoms with E-state index in [0.29, 0.717) is 12.4 Å². The zero-order valence-electron chi connectivity index (χ0n) is 9.99. The quantitative estimate of drug-likeness (QED) is 0.859. The van der Waals surface area contributed by atoms with Crippen LogP contribution in [0.25, 0.3) is 11.3 Å². The maximum atomic E-state index is 5.54. The monoisotopic (exact) mass is 228 g/mol. The van der Waals surface area contributed by atoms with Gasteiger partial charge >= 0.3 is 0 Å². The van der Waals surface area contributed by atoms with E-state index in [2.05, 4.69) is 23.2 Å². The lowest BCUT2D eigenvalue weighted by Crippen LogP contribution is -1.95. The maximum Gasteiger partial charge on any atom is 0.208 e. The summed E-state index contributed by atoms with van der Waals surface area (Å²) in [6.45, 7) is 2.29. The number of nitrogens with two attached hydrogens (primary N) is 1. The number of benzene rings is 1. The highest BCUT2D eigenvalue weighted by Gasteiger charge is 2.15. The molecule has 1 heterocycles. The van der Waals surface area contributed by atoms with Gasteiger partial charge in [-0.05, 0) is 43.4 Å². The summed E-state index contributed by atoms with van der Waals surface area (Å²) in [5.41, 5.74) is 10.6. The average molecular weight is 228 g/mol. The normalized spacial score (nSPS) is 14.0. The zero-order valence-corrected chi connectivity index (χ0v) is 9.99. The van der Waals surface area contributed by atoms with Crippen molar-refractivity contribution in [2.24, 2.45) is 5.73 Å². The first-order valence-electron chi connectivity index (χ1n) is 6.06. The molecule has 88 valence electrons. The van der Waals surface area contributed by atoms with Gasteiger partial charge in [-0.1, -0.05) is 12.1 Å². The van der Waals surface area contributed by atoms with E-state index in [1.54, 1.807) is 0 Å². The molecular weight excluding hydrogens is 212 g/mol. The predicted octanol–water partition coefficient (Wildman–Crippen LogP) is 2.60. The molecule has 0 unspecified atom stereocenters. The van der Waals surface area contributed by atoms with E-state index in [1.165, 1.54) is 30.4 Å². The number of hydrogen-bond donors (Lipinski definition) is 1. The molecule has 1 aliphatic rings. The first-order valence-corrected chi connectivity index (χ1v) is 6.06. The van der Waals surface area contributed by atoms with Crippen molar-refractivity contribution in [2.45, 2.75) is 32.7 Å². The Kier molecular flexibility index (Phi) is 2.48. The second-order valence-corrected chi connectivity index (χ2v) is 4.55. The molecule has 2 aromatic rings. The molecular formula is C14H16N2O. The van der Waals surface area contributed by atoms with E-state index in [-0.39, 0.29) is 0 Å². The Hall–Kier alpha value is -1.61. The molecule has 1 aliphatic carbocycles. The number of nitrogens with zero attached hydrogens (tertiary/aromatic N) is 1. The Morgan fingerprint density at radius 3 is 2.88 bits per heavy atom. The second kappa shape index (κ2) is 4.00. The molecule has 0 spiro atoms. The smallest absolute Gasteiger partial charge is 0.208 e. The molecule has 0 radical (unpaired) electrons. The van der Waals surface area contributed by atoms with Gasteiger partial charge in [0.05, 0.1) is 6.54 Å². The average Bonchev–Trinajstić information content (AvgIpc) is 2.93. The van der Waals surface area contributed by atoms with Crippen molar-refractivity contribution in [3.05, 3.63) is 41.0 Å². The molecule has 3 heteroatoms. The van der Waals surface area contributed by atoms with Gasteiger partial charge in [-0.25, -0.2) is 4.98 Å². The molecule has 0 bridgehead atoms. The van der Waals surface area contributed by atoms with Crippen molar-refractivity contribution >= 4 is 0 Å². The lowest BCUT2D eigenvalue weighted by molar-refractivity contribution is 0.474. The second-order valence-electron chi connectivity index (χ2n) is 4.55. The fraction of sp³-hybridized carbons (Fsp3) is 0.357. The molecule has 3 rings (SSSR count). The van der Waals surface area contributed by atoms with Crippen LogP contribution in [0.4, 0.5) is 0 Å². The van der Waals surface area contributed by atoms with Gasteiger partial charge in [0.1, 0.15) is 11.5 Å². The standard InChI is InChI=1S/C14H16N2O/c1-9-14(16-13(8-15)17-9)12-6-5-10-3-2-4-11(10)7-12/h5-7H,2-4,8,15H2,1H3. The van der Waals surface area contributed by atoms with Crippen LogP contribution < -0.4 is 5.73 Å². The Labute approximate surface area is 101 Å². The molecule has 1 aromatic carbocycles. The molecule has 0 fully saturated rings. The van der Waals surface area contributed by atoms with E-state index >= 15 is 0 Å². The van der Waals surface area contributed by atoms with Gasteiger partial charge in [-0.3, -0.25) is 0 Å². The Morgan fingerprint density at radius 2 is 2.12 bits per heavy atom. The van der Waals surface area contributed by atoms with E-state index in [9.17, 15) is 0 Å². The van der Waals surface area contributed by atoms with Crippen LogP contribution in [0.5, 0.6) is 0 Å². The summed E-state index contributed by atoms with van der Waals surface area (Å²) >= 11 is 0. The van der Waals surface area contributed by atoms with E-state index in [0.717, 1.165) is 17.0 Å². The van der Waals surface area contributed by atoms with Crippen LogP contribution in [0, 0.1) is 6.92 Å². The van der Waals surface area contributed by atoms with Crippen LogP contribution in [0.2, 0.25) is 0 Å². The molecule has 0 saturated carbocycles. The fourth-order valence-electron chi connectivity index (χ4n) is 2.53. The number of aryl methyl sites for hydroxylation is 3. The molecule has 0 aliphatic heterocycles. The molecule has 0 atom stereocenters. The van der Waals surface area contributed by atoms with Crippen LogP contribution in [0.1, 0.15) is 29.2 Å². The highest BCUT2D eigenvalue weighted by Crippen LogP contribution is 2.29. The van der Waals surface area contributed by atoms with Gasteiger partial charge in [0.15, 0.2) is 0 Å². The van der Waals surface area contributed by atoms with Gasteiger partial charge in [0.25, 0.3) is 0 Å². The number of aromatic nitrogens is 1. The molecule has 17 heavy (non-hydrogen) atoms. The summed E-state index contributed by atoms with van der Waals surface area (Å²) in [6.07, 6.45) is 3.66. The van der Waals surface area contributed by atoms with Crippen LogP contribution in [-0.4, -0.2) is 4.98 Å². The SMILES string of the molecule is Cc1oc(CN)nc1-c1ccc2c(c1)CCC2. The lowest BCUT2D eigenvalue weighted by Gasteiger charge is -2.02. The lowest BCUT2D eigenvalue weighted by atomic mass is 10.0. The topological polar surface area (TPSA) is 52.0 Å². The summed E-state index contributed by atoms with van der Waals surface area (Å²) < 4.78 is 5.50. The van der Waals surface area contributed by atoms with E-state index in [1.807, 2.05) is 6.92 Å².